The molecule has 0 bridgehead atoms. The highest BCUT2D eigenvalue weighted by atomic mass is 16.5. The second-order valence-corrected chi connectivity index (χ2v) is 13.7. The van der Waals surface area contributed by atoms with Crippen molar-refractivity contribution in [3.63, 3.8) is 0 Å². The lowest BCUT2D eigenvalue weighted by Crippen LogP contribution is -2.35. The number of amides is 2. The third kappa shape index (κ3) is 13.5. The average Bonchev–Trinajstić information content (AvgIpc) is 3.51. The Labute approximate surface area is 305 Å². The molecule has 3 aromatic rings. The Morgan fingerprint density at radius 2 is 1.18 bits per heavy atom. The van der Waals surface area contributed by atoms with Crippen molar-refractivity contribution in [1.29, 1.82) is 0 Å². The molecule has 0 aliphatic rings. The van der Waals surface area contributed by atoms with Crippen LogP contribution >= 0.6 is 0 Å². The van der Waals surface area contributed by atoms with Crippen LogP contribution in [0.25, 0.3) is 0 Å². The first-order valence-electron chi connectivity index (χ1n) is 19.3. The predicted octanol–water partition coefficient (Wildman–Crippen LogP) is 5.79. The number of nitrogens with zero attached hydrogens (tertiary/aromatic N) is 2. The van der Waals surface area contributed by atoms with E-state index in [2.05, 4.69) is 4.57 Å². The van der Waals surface area contributed by atoms with Gasteiger partial charge in [0.1, 0.15) is 11.3 Å². The van der Waals surface area contributed by atoms with Gasteiger partial charge in [0, 0.05) is 31.7 Å². The Balaban J connectivity index is 2.00. The Morgan fingerprint density at radius 1 is 0.686 bits per heavy atom. The number of aliphatic hydroxyl groups is 1. The standard InChI is InChI=1S/C41H64N6O4/c42-27-13-3-1-5-16-30-46(31-17-6-2-4-14-28-43)40(49)38-33-34(23-24-39(48)45-51)37(47(38)32-18-15-29-44)25-26-41(50,35-19-9-7-10-20-35)36-21-11-8-12-22-36/h7-12,19-22,33,50-51H,1-6,13-18,23-32,42-44H2,(H,45,48). The molecule has 9 N–H and O–H groups in total. The SMILES string of the molecule is NCCCCCCCN(CCCCCCCN)C(=O)c1cc(CCC(=O)NO)c(CCC(O)(c2ccccc2)c2ccccc2)n1CCCCN. The molecule has 0 saturated heterocycles. The number of nitrogens with one attached hydrogen (secondary N) is 1. The molecule has 0 atom stereocenters. The second-order valence-electron chi connectivity index (χ2n) is 13.7. The highest BCUT2D eigenvalue weighted by molar-refractivity contribution is 5.93. The zero-order chi connectivity index (χ0) is 36.7. The maximum Gasteiger partial charge on any atom is 0.270 e. The summed E-state index contributed by atoms with van der Waals surface area (Å²) in [5, 5.41) is 21.7. The summed E-state index contributed by atoms with van der Waals surface area (Å²) in [5.41, 5.74) is 21.8. The summed E-state index contributed by atoms with van der Waals surface area (Å²) in [7, 11) is 0. The number of unbranched alkanes of at least 4 members (excludes halogenated alkanes) is 9. The van der Waals surface area contributed by atoms with E-state index in [-0.39, 0.29) is 12.3 Å². The van der Waals surface area contributed by atoms with Gasteiger partial charge in [-0.25, -0.2) is 5.48 Å². The summed E-state index contributed by atoms with van der Waals surface area (Å²) >= 11 is 0. The summed E-state index contributed by atoms with van der Waals surface area (Å²) < 4.78 is 2.12. The van der Waals surface area contributed by atoms with Crippen LogP contribution in [-0.4, -0.2) is 64.3 Å². The molecule has 0 spiro atoms. The van der Waals surface area contributed by atoms with E-state index in [0.717, 1.165) is 99.4 Å². The monoisotopic (exact) mass is 704 g/mol. The number of carbonyl (C=O) groups excluding carboxylic acids is 2. The van der Waals surface area contributed by atoms with Gasteiger partial charge in [0.25, 0.3) is 5.91 Å². The van der Waals surface area contributed by atoms with Gasteiger partial charge in [-0.3, -0.25) is 14.8 Å². The van der Waals surface area contributed by atoms with Crippen LogP contribution in [0.3, 0.4) is 0 Å². The van der Waals surface area contributed by atoms with Crippen LogP contribution in [0.15, 0.2) is 66.7 Å². The van der Waals surface area contributed by atoms with Crippen LogP contribution in [0.2, 0.25) is 0 Å². The maximum absolute atomic E-state index is 14.6. The second kappa shape index (κ2) is 23.8. The molecular formula is C41H64N6O4. The molecule has 1 aromatic heterocycles. The first-order valence-corrected chi connectivity index (χ1v) is 19.3. The van der Waals surface area contributed by atoms with Gasteiger partial charge in [0.2, 0.25) is 5.91 Å². The zero-order valence-corrected chi connectivity index (χ0v) is 30.7. The predicted molar refractivity (Wildman–Crippen MR) is 205 cm³/mol. The molecule has 0 saturated carbocycles. The summed E-state index contributed by atoms with van der Waals surface area (Å²) in [6, 6.07) is 21.3. The lowest BCUT2D eigenvalue weighted by Gasteiger charge is -2.30. The highest BCUT2D eigenvalue weighted by Gasteiger charge is 2.33. The summed E-state index contributed by atoms with van der Waals surface area (Å²) in [6.45, 7) is 3.91. The molecule has 0 aliphatic heterocycles. The molecule has 0 radical (unpaired) electrons. The Kier molecular flexibility index (Phi) is 19.6. The van der Waals surface area contributed by atoms with E-state index in [9.17, 15) is 19.9 Å². The molecule has 3 rings (SSSR count). The van der Waals surface area contributed by atoms with Gasteiger partial charge >= 0.3 is 0 Å². The topological polar surface area (TPSA) is 173 Å². The molecule has 0 fully saturated rings. The number of nitrogens with two attached hydrogens (primary N) is 3. The fraction of sp³-hybridized carbons (Fsp3) is 0.561. The lowest BCUT2D eigenvalue weighted by atomic mass is 9.82. The van der Waals surface area contributed by atoms with Gasteiger partial charge in [-0.2, -0.15) is 0 Å². The van der Waals surface area contributed by atoms with Gasteiger partial charge in [-0.15, -0.1) is 0 Å². The lowest BCUT2D eigenvalue weighted by molar-refractivity contribution is -0.129. The van der Waals surface area contributed by atoms with Gasteiger partial charge in [0.15, 0.2) is 0 Å². The Morgan fingerprint density at radius 3 is 1.69 bits per heavy atom. The normalized spacial score (nSPS) is 11.5. The van der Waals surface area contributed by atoms with E-state index in [0.29, 0.717) is 64.2 Å². The van der Waals surface area contributed by atoms with Crippen LogP contribution in [0.4, 0.5) is 0 Å². The van der Waals surface area contributed by atoms with Crippen molar-refractivity contribution in [2.24, 2.45) is 17.2 Å². The van der Waals surface area contributed by atoms with Crippen molar-refractivity contribution in [2.75, 3.05) is 32.7 Å². The molecule has 0 aliphatic carbocycles. The van der Waals surface area contributed by atoms with Crippen molar-refractivity contribution in [2.45, 2.75) is 115 Å². The number of aryl methyl sites for hydroxylation is 1. The molecule has 51 heavy (non-hydrogen) atoms. The molecule has 10 nitrogen and oxygen atoms in total. The van der Waals surface area contributed by atoms with Gasteiger partial charge in [-0.1, -0.05) is 99.2 Å². The number of rotatable bonds is 27. The minimum absolute atomic E-state index is 0.00726. The molecule has 2 amide bonds. The van der Waals surface area contributed by atoms with Crippen LogP contribution < -0.4 is 22.7 Å². The van der Waals surface area contributed by atoms with Crippen LogP contribution in [-0.2, 0) is 29.8 Å². The van der Waals surface area contributed by atoms with E-state index in [4.69, 9.17) is 17.2 Å². The quantitative estimate of drug-likeness (QED) is 0.0331. The van der Waals surface area contributed by atoms with E-state index < -0.39 is 11.5 Å². The Bertz CT molecular complexity index is 1340. The van der Waals surface area contributed by atoms with Crippen molar-refractivity contribution < 1.29 is 19.9 Å². The van der Waals surface area contributed by atoms with Gasteiger partial charge in [0.05, 0.1) is 0 Å². The number of carbonyl (C=O) groups is 2. The number of hydroxylamine groups is 1. The summed E-state index contributed by atoms with van der Waals surface area (Å²) in [6.07, 6.45) is 13.2. The smallest absolute Gasteiger partial charge is 0.270 e. The zero-order valence-electron chi connectivity index (χ0n) is 30.7. The van der Waals surface area contributed by atoms with Crippen molar-refractivity contribution in [3.05, 3.63) is 94.8 Å². The Hall–Kier alpha value is -3.54. The third-order valence-corrected chi connectivity index (χ3v) is 9.88. The van der Waals surface area contributed by atoms with Crippen LogP contribution in [0.1, 0.15) is 123 Å². The first kappa shape index (κ1) is 41.9. The largest absolute Gasteiger partial charge is 0.380 e. The molecular weight excluding hydrogens is 640 g/mol. The maximum atomic E-state index is 14.6. The van der Waals surface area contributed by atoms with E-state index in [1.165, 1.54) is 0 Å². The fourth-order valence-electron chi connectivity index (χ4n) is 6.92. The van der Waals surface area contributed by atoms with Gasteiger partial charge in [-0.05, 0) is 100 Å². The fourth-order valence-corrected chi connectivity index (χ4v) is 6.92. The third-order valence-electron chi connectivity index (χ3n) is 9.88. The van der Waals surface area contributed by atoms with Crippen molar-refractivity contribution in [1.82, 2.24) is 14.9 Å². The first-order chi connectivity index (χ1) is 24.9. The van der Waals surface area contributed by atoms with Crippen LogP contribution in [0.5, 0.6) is 0 Å². The average molecular weight is 705 g/mol. The molecule has 10 heteroatoms. The van der Waals surface area contributed by atoms with Crippen molar-refractivity contribution >= 4 is 11.8 Å². The molecule has 282 valence electrons. The molecule has 1 heterocycles. The van der Waals surface area contributed by atoms with E-state index in [1.54, 1.807) is 5.48 Å². The minimum atomic E-state index is -1.28. The summed E-state index contributed by atoms with van der Waals surface area (Å²) in [4.78, 5) is 28.9. The van der Waals surface area contributed by atoms with Gasteiger partial charge < -0.3 is 31.8 Å². The summed E-state index contributed by atoms with van der Waals surface area (Å²) in [5.74, 6) is -0.493. The van der Waals surface area contributed by atoms with Crippen molar-refractivity contribution in [3.8, 4) is 0 Å². The highest BCUT2D eigenvalue weighted by Crippen LogP contribution is 2.35. The van der Waals surface area contributed by atoms with E-state index >= 15 is 0 Å². The molecule has 2 aromatic carbocycles. The van der Waals surface area contributed by atoms with E-state index in [1.807, 2.05) is 71.6 Å². The number of benzene rings is 2. The number of hydrogen-bond donors (Lipinski definition) is 6. The molecule has 0 unspecified atom stereocenters. The van der Waals surface area contributed by atoms with Crippen LogP contribution in [0, 0.1) is 0 Å². The number of hydrogen-bond acceptors (Lipinski definition) is 7. The number of aromatic nitrogens is 1. The minimum Gasteiger partial charge on any atom is -0.380 e.